The molecule has 1 aromatic rings. The van der Waals surface area contributed by atoms with Crippen LogP contribution in [0.4, 0.5) is 0 Å². The molecule has 0 aliphatic heterocycles. The van der Waals surface area contributed by atoms with Gasteiger partial charge in [-0.1, -0.05) is 13.8 Å². The lowest BCUT2D eigenvalue weighted by Crippen LogP contribution is -2.39. The van der Waals surface area contributed by atoms with E-state index in [0.29, 0.717) is 32.0 Å². The molecule has 0 aliphatic carbocycles. The number of nitrogens with one attached hydrogen (secondary N) is 2. The van der Waals surface area contributed by atoms with E-state index in [1.807, 2.05) is 29.9 Å². The number of aliphatic imine (C=N–C) groups is 1. The van der Waals surface area contributed by atoms with Crippen molar-refractivity contribution < 1.29 is 8.42 Å². The molecule has 1 aromatic heterocycles. The van der Waals surface area contributed by atoms with E-state index in [0.717, 1.165) is 17.9 Å². The van der Waals surface area contributed by atoms with Crippen molar-refractivity contribution in [3.8, 4) is 0 Å². The van der Waals surface area contributed by atoms with Crippen molar-refractivity contribution in [3.05, 3.63) is 17.5 Å². The zero-order valence-corrected chi connectivity index (χ0v) is 19.1. The topological polar surface area (TPSA) is 91.6 Å². The summed E-state index contributed by atoms with van der Waals surface area (Å²) < 4.78 is 26.3. The minimum absolute atomic E-state index is 0. The largest absolute Gasteiger partial charge is 0.356 e. The SMILES string of the molecule is CN=C(NCCCNS(C)(=O)=O)N(C)Cc1cn(C)nc1C(C)C.I. The van der Waals surface area contributed by atoms with Crippen LogP contribution in [-0.2, 0) is 23.6 Å². The Morgan fingerprint density at radius 3 is 2.56 bits per heavy atom. The van der Waals surface area contributed by atoms with E-state index >= 15 is 0 Å². The summed E-state index contributed by atoms with van der Waals surface area (Å²) >= 11 is 0. The second-order valence-corrected chi connectivity index (χ2v) is 8.05. The van der Waals surface area contributed by atoms with Crippen molar-refractivity contribution in [1.29, 1.82) is 0 Å². The first-order chi connectivity index (χ1) is 11.1. The molecular weight excluding hydrogens is 455 g/mol. The maximum atomic E-state index is 11.0. The number of halogens is 1. The molecule has 0 amide bonds. The number of sulfonamides is 1. The number of aryl methyl sites for hydroxylation is 1. The normalized spacial score (nSPS) is 12.2. The van der Waals surface area contributed by atoms with Crippen molar-refractivity contribution >= 4 is 40.0 Å². The molecular formula is C15H31IN6O2S. The van der Waals surface area contributed by atoms with Crippen LogP contribution in [0.25, 0.3) is 0 Å². The van der Waals surface area contributed by atoms with Gasteiger partial charge in [-0.25, -0.2) is 13.1 Å². The zero-order chi connectivity index (χ0) is 18.3. The average Bonchev–Trinajstić information content (AvgIpc) is 2.82. The highest BCUT2D eigenvalue weighted by molar-refractivity contribution is 14.0. The summed E-state index contributed by atoms with van der Waals surface area (Å²) in [4.78, 5) is 6.31. The van der Waals surface area contributed by atoms with Gasteiger partial charge in [-0.15, -0.1) is 24.0 Å². The predicted octanol–water partition coefficient (Wildman–Crippen LogP) is 1.11. The second kappa shape index (κ2) is 11.0. The highest BCUT2D eigenvalue weighted by atomic mass is 127. The van der Waals surface area contributed by atoms with Crippen molar-refractivity contribution in [3.63, 3.8) is 0 Å². The van der Waals surface area contributed by atoms with Gasteiger partial charge < -0.3 is 10.2 Å². The molecule has 0 spiro atoms. The third-order valence-corrected chi connectivity index (χ3v) is 4.19. The van der Waals surface area contributed by atoms with Crippen LogP contribution in [-0.4, -0.2) is 62.5 Å². The first-order valence-electron chi connectivity index (χ1n) is 8.03. The summed E-state index contributed by atoms with van der Waals surface area (Å²) in [6.07, 6.45) is 3.88. The van der Waals surface area contributed by atoms with Crippen molar-refractivity contribution in [2.75, 3.05) is 33.4 Å². The van der Waals surface area contributed by atoms with E-state index in [4.69, 9.17) is 0 Å². The molecule has 10 heteroatoms. The quantitative estimate of drug-likeness (QED) is 0.249. The third-order valence-electron chi connectivity index (χ3n) is 3.47. The van der Waals surface area contributed by atoms with Crippen molar-refractivity contribution in [2.45, 2.75) is 32.7 Å². The fraction of sp³-hybridized carbons (Fsp3) is 0.733. The van der Waals surface area contributed by atoms with Gasteiger partial charge in [0, 0.05) is 52.5 Å². The molecule has 0 atom stereocenters. The molecule has 25 heavy (non-hydrogen) atoms. The highest BCUT2D eigenvalue weighted by Crippen LogP contribution is 2.18. The van der Waals surface area contributed by atoms with Gasteiger partial charge in [0.1, 0.15) is 0 Å². The Balaban J connectivity index is 0.00000576. The zero-order valence-electron chi connectivity index (χ0n) is 15.9. The maximum absolute atomic E-state index is 11.0. The summed E-state index contributed by atoms with van der Waals surface area (Å²) in [6, 6.07) is 0. The van der Waals surface area contributed by atoms with Gasteiger partial charge in [0.05, 0.1) is 11.9 Å². The van der Waals surface area contributed by atoms with Gasteiger partial charge in [0.15, 0.2) is 5.96 Å². The van der Waals surface area contributed by atoms with Crippen LogP contribution in [0.5, 0.6) is 0 Å². The van der Waals surface area contributed by atoms with Crippen LogP contribution in [0.3, 0.4) is 0 Å². The molecule has 0 aromatic carbocycles. The summed E-state index contributed by atoms with van der Waals surface area (Å²) in [5, 5.41) is 7.77. The Bertz CT molecular complexity index is 657. The van der Waals surface area contributed by atoms with Crippen LogP contribution < -0.4 is 10.0 Å². The van der Waals surface area contributed by atoms with E-state index in [2.05, 4.69) is 34.0 Å². The molecule has 1 heterocycles. The lowest BCUT2D eigenvalue weighted by atomic mass is 10.1. The standard InChI is InChI=1S/C15H30N6O2S.HI/c1-12(2)14-13(11-21(5)19-14)10-20(4)15(16-3)17-8-7-9-18-24(6,22)23;/h11-12,18H,7-10H2,1-6H3,(H,16,17);1H. The molecule has 0 saturated carbocycles. The molecule has 0 unspecified atom stereocenters. The molecule has 1 rings (SSSR count). The van der Waals surface area contributed by atoms with E-state index in [1.54, 1.807) is 7.05 Å². The van der Waals surface area contributed by atoms with Gasteiger partial charge in [-0.2, -0.15) is 5.10 Å². The van der Waals surface area contributed by atoms with Gasteiger partial charge in [-0.05, 0) is 12.3 Å². The monoisotopic (exact) mass is 486 g/mol. The molecule has 146 valence electrons. The Morgan fingerprint density at radius 1 is 1.40 bits per heavy atom. The molecule has 0 radical (unpaired) electrons. The lowest BCUT2D eigenvalue weighted by Gasteiger charge is -2.22. The van der Waals surface area contributed by atoms with Crippen LogP contribution in [0.1, 0.15) is 37.4 Å². The summed E-state index contributed by atoms with van der Waals surface area (Å²) in [5.41, 5.74) is 2.27. The van der Waals surface area contributed by atoms with Gasteiger partial charge in [0.2, 0.25) is 10.0 Å². The van der Waals surface area contributed by atoms with E-state index in [9.17, 15) is 8.42 Å². The smallest absolute Gasteiger partial charge is 0.208 e. The molecule has 0 bridgehead atoms. The van der Waals surface area contributed by atoms with Crippen LogP contribution in [0.2, 0.25) is 0 Å². The van der Waals surface area contributed by atoms with Crippen LogP contribution >= 0.6 is 24.0 Å². The molecule has 0 fully saturated rings. The van der Waals surface area contributed by atoms with E-state index in [-0.39, 0.29) is 24.0 Å². The Kier molecular flexibility index (Phi) is 10.6. The third kappa shape index (κ3) is 8.86. The number of hydrogen-bond donors (Lipinski definition) is 2. The summed E-state index contributed by atoms with van der Waals surface area (Å²) in [6.45, 7) is 6.03. The van der Waals surface area contributed by atoms with Gasteiger partial charge in [0.25, 0.3) is 0 Å². The highest BCUT2D eigenvalue weighted by Gasteiger charge is 2.14. The summed E-state index contributed by atoms with van der Waals surface area (Å²) in [5.74, 6) is 1.14. The minimum atomic E-state index is -3.13. The predicted molar refractivity (Wildman–Crippen MR) is 113 cm³/mol. The molecule has 2 N–H and O–H groups in total. The van der Waals surface area contributed by atoms with Gasteiger partial charge >= 0.3 is 0 Å². The Labute approximate surface area is 168 Å². The number of guanidine groups is 1. The Morgan fingerprint density at radius 2 is 2.04 bits per heavy atom. The maximum Gasteiger partial charge on any atom is 0.208 e. The molecule has 8 nitrogen and oxygen atoms in total. The number of aromatic nitrogens is 2. The first-order valence-corrected chi connectivity index (χ1v) is 9.92. The Hall–Kier alpha value is -0.880. The van der Waals surface area contributed by atoms with Crippen molar-refractivity contribution in [2.24, 2.45) is 12.0 Å². The van der Waals surface area contributed by atoms with Crippen LogP contribution in [0.15, 0.2) is 11.2 Å². The number of hydrogen-bond acceptors (Lipinski definition) is 4. The molecule has 0 aliphatic rings. The number of rotatable bonds is 8. The fourth-order valence-corrected chi connectivity index (χ4v) is 2.94. The first kappa shape index (κ1) is 24.1. The van der Waals surface area contributed by atoms with Gasteiger partial charge in [-0.3, -0.25) is 9.67 Å². The number of nitrogens with zero attached hydrogens (tertiary/aromatic N) is 4. The minimum Gasteiger partial charge on any atom is -0.356 e. The van der Waals surface area contributed by atoms with E-state index < -0.39 is 10.0 Å². The molecule has 0 saturated heterocycles. The van der Waals surface area contributed by atoms with Crippen molar-refractivity contribution in [1.82, 2.24) is 24.7 Å². The fourth-order valence-electron chi connectivity index (χ4n) is 2.42. The summed E-state index contributed by atoms with van der Waals surface area (Å²) in [7, 11) is 2.51. The van der Waals surface area contributed by atoms with E-state index in [1.165, 1.54) is 5.56 Å². The van der Waals surface area contributed by atoms with Crippen LogP contribution in [0, 0.1) is 0 Å². The lowest BCUT2D eigenvalue weighted by molar-refractivity contribution is 0.472. The second-order valence-electron chi connectivity index (χ2n) is 6.22. The average molecular weight is 486 g/mol.